The summed E-state index contributed by atoms with van der Waals surface area (Å²) < 4.78 is 5.19. The third-order valence-electron chi connectivity index (χ3n) is 4.57. The summed E-state index contributed by atoms with van der Waals surface area (Å²) in [6.45, 7) is 2.62. The van der Waals surface area contributed by atoms with Crippen LogP contribution in [0.2, 0.25) is 0 Å². The number of benzene rings is 1. The van der Waals surface area contributed by atoms with Gasteiger partial charge in [0, 0.05) is 13.6 Å². The second-order valence-corrected chi connectivity index (χ2v) is 6.31. The zero-order valence-electron chi connectivity index (χ0n) is 14.2. The minimum Gasteiger partial charge on any atom is -0.465 e. The third kappa shape index (κ3) is 4.81. The van der Waals surface area contributed by atoms with Gasteiger partial charge in [0.05, 0.1) is 6.61 Å². The predicted octanol–water partition coefficient (Wildman–Crippen LogP) is 3.40. The van der Waals surface area contributed by atoms with Gasteiger partial charge in [0.1, 0.15) is 5.92 Å². The van der Waals surface area contributed by atoms with E-state index in [4.69, 9.17) is 4.74 Å². The first-order valence-corrected chi connectivity index (χ1v) is 8.59. The Kier molecular flexibility index (Phi) is 6.63. The van der Waals surface area contributed by atoms with E-state index in [-0.39, 0.29) is 17.8 Å². The molecule has 126 valence electrons. The van der Waals surface area contributed by atoms with Gasteiger partial charge in [-0.05, 0) is 31.2 Å². The highest BCUT2D eigenvalue weighted by Gasteiger charge is 2.38. The Morgan fingerprint density at radius 2 is 1.83 bits per heavy atom. The second kappa shape index (κ2) is 8.70. The Bertz CT molecular complexity index is 509. The number of esters is 1. The molecule has 0 spiro atoms. The normalized spacial score (nSPS) is 16.6. The standard InChI is InChI=1S/C19H27NO3/c1-3-23-19(22)17(16-12-8-5-9-13-16)18(21)20(2)14-15-10-6-4-7-11-15/h4,6-7,10-11,16-17H,3,5,8-9,12-14H2,1-2H3/t17-/m1/s1. The van der Waals surface area contributed by atoms with E-state index in [2.05, 4.69) is 0 Å². The lowest BCUT2D eigenvalue weighted by atomic mass is 9.79. The van der Waals surface area contributed by atoms with E-state index in [1.165, 1.54) is 6.42 Å². The number of carbonyl (C=O) groups is 2. The van der Waals surface area contributed by atoms with Crippen LogP contribution >= 0.6 is 0 Å². The van der Waals surface area contributed by atoms with Crippen LogP contribution in [0.3, 0.4) is 0 Å². The summed E-state index contributed by atoms with van der Waals surface area (Å²) in [4.78, 5) is 26.9. The quantitative estimate of drug-likeness (QED) is 0.597. The molecule has 0 unspecified atom stereocenters. The molecule has 4 heteroatoms. The number of carbonyl (C=O) groups excluding carboxylic acids is 2. The van der Waals surface area contributed by atoms with E-state index in [0.29, 0.717) is 13.2 Å². The van der Waals surface area contributed by atoms with Crippen molar-refractivity contribution in [3.05, 3.63) is 35.9 Å². The van der Waals surface area contributed by atoms with E-state index < -0.39 is 5.92 Å². The average molecular weight is 317 g/mol. The highest BCUT2D eigenvalue weighted by Crippen LogP contribution is 2.32. The van der Waals surface area contributed by atoms with Crippen LogP contribution in [-0.4, -0.2) is 30.4 Å². The minimum absolute atomic E-state index is 0.112. The molecule has 1 aliphatic carbocycles. The zero-order valence-corrected chi connectivity index (χ0v) is 14.2. The van der Waals surface area contributed by atoms with Crippen LogP contribution in [0.1, 0.15) is 44.6 Å². The minimum atomic E-state index is -0.649. The van der Waals surface area contributed by atoms with Crippen molar-refractivity contribution in [2.75, 3.05) is 13.7 Å². The van der Waals surface area contributed by atoms with Gasteiger partial charge in [-0.3, -0.25) is 9.59 Å². The second-order valence-electron chi connectivity index (χ2n) is 6.31. The van der Waals surface area contributed by atoms with E-state index in [1.807, 2.05) is 30.3 Å². The molecule has 0 bridgehead atoms. The van der Waals surface area contributed by atoms with Crippen LogP contribution < -0.4 is 0 Å². The van der Waals surface area contributed by atoms with Crippen LogP contribution in [0.5, 0.6) is 0 Å². The monoisotopic (exact) mass is 317 g/mol. The molecule has 1 atom stereocenters. The Balaban J connectivity index is 2.09. The van der Waals surface area contributed by atoms with E-state index in [1.54, 1.807) is 18.9 Å². The van der Waals surface area contributed by atoms with Gasteiger partial charge < -0.3 is 9.64 Å². The fourth-order valence-electron chi connectivity index (χ4n) is 3.37. The molecule has 0 aliphatic heterocycles. The molecule has 4 nitrogen and oxygen atoms in total. The van der Waals surface area contributed by atoms with Gasteiger partial charge in [-0.1, -0.05) is 49.6 Å². The van der Waals surface area contributed by atoms with Gasteiger partial charge >= 0.3 is 5.97 Å². The maximum absolute atomic E-state index is 12.9. The summed E-state index contributed by atoms with van der Waals surface area (Å²) in [6, 6.07) is 9.84. The lowest BCUT2D eigenvalue weighted by Crippen LogP contribution is -2.42. The highest BCUT2D eigenvalue weighted by molar-refractivity contribution is 5.98. The van der Waals surface area contributed by atoms with E-state index in [0.717, 1.165) is 31.2 Å². The Labute approximate surface area is 138 Å². The van der Waals surface area contributed by atoms with Crippen LogP contribution in [0.25, 0.3) is 0 Å². The molecule has 0 saturated heterocycles. The molecule has 1 amide bonds. The van der Waals surface area contributed by atoms with Crippen LogP contribution in [0.15, 0.2) is 30.3 Å². The van der Waals surface area contributed by atoms with Gasteiger partial charge in [-0.25, -0.2) is 0 Å². The van der Waals surface area contributed by atoms with Crippen molar-refractivity contribution < 1.29 is 14.3 Å². The summed E-state index contributed by atoms with van der Waals surface area (Å²) >= 11 is 0. The molecule has 0 radical (unpaired) electrons. The third-order valence-corrected chi connectivity index (χ3v) is 4.57. The topological polar surface area (TPSA) is 46.6 Å². The van der Waals surface area contributed by atoms with E-state index in [9.17, 15) is 9.59 Å². The lowest BCUT2D eigenvalue weighted by molar-refractivity contribution is -0.158. The number of hydrogen-bond acceptors (Lipinski definition) is 3. The molecule has 0 heterocycles. The fourth-order valence-corrected chi connectivity index (χ4v) is 3.37. The predicted molar refractivity (Wildman–Crippen MR) is 89.6 cm³/mol. The summed E-state index contributed by atoms with van der Waals surface area (Å²) in [5.74, 6) is -0.999. The first-order valence-electron chi connectivity index (χ1n) is 8.59. The molecule has 1 aromatic rings. The smallest absolute Gasteiger partial charge is 0.318 e. The van der Waals surface area contributed by atoms with Crippen molar-refractivity contribution in [2.45, 2.75) is 45.6 Å². The van der Waals surface area contributed by atoms with Gasteiger partial charge in [0.2, 0.25) is 5.91 Å². The van der Waals surface area contributed by atoms with Crippen molar-refractivity contribution >= 4 is 11.9 Å². The molecule has 1 fully saturated rings. The lowest BCUT2D eigenvalue weighted by Gasteiger charge is -2.30. The van der Waals surface area contributed by atoms with Crippen molar-refractivity contribution in [1.29, 1.82) is 0 Å². The van der Waals surface area contributed by atoms with Crippen LogP contribution in [-0.2, 0) is 20.9 Å². The highest BCUT2D eigenvalue weighted by atomic mass is 16.5. The largest absolute Gasteiger partial charge is 0.465 e. The van der Waals surface area contributed by atoms with Gasteiger partial charge in [0.15, 0.2) is 0 Å². The Morgan fingerprint density at radius 1 is 1.17 bits per heavy atom. The summed E-state index contributed by atoms with van der Waals surface area (Å²) in [7, 11) is 1.77. The summed E-state index contributed by atoms with van der Waals surface area (Å²) in [6.07, 6.45) is 5.26. The fraction of sp³-hybridized carbons (Fsp3) is 0.579. The number of amides is 1. The zero-order chi connectivity index (χ0) is 16.7. The van der Waals surface area contributed by atoms with E-state index >= 15 is 0 Å². The summed E-state index contributed by atoms with van der Waals surface area (Å²) in [5.41, 5.74) is 1.06. The van der Waals surface area contributed by atoms with Crippen molar-refractivity contribution in [3.8, 4) is 0 Å². The van der Waals surface area contributed by atoms with Crippen LogP contribution in [0.4, 0.5) is 0 Å². The molecule has 1 aliphatic rings. The average Bonchev–Trinajstić information content (AvgIpc) is 2.57. The summed E-state index contributed by atoms with van der Waals surface area (Å²) in [5, 5.41) is 0. The molecule has 0 N–H and O–H groups in total. The van der Waals surface area contributed by atoms with Crippen molar-refractivity contribution in [3.63, 3.8) is 0 Å². The maximum atomic E-state index is 12.9. The Hall–Kier alpha value is -1.84. The molecule has 1 saturated carbocycles. The molecule has 0 aromatic heterocycles. The number of nitrogens with zero attached hydrogens (tertiary/aromatic N) is 1. The maximum Gasteiger partial charge on any atom is 0.318 e. The van der Waals surface area contributed by atoms with Crippen LogP contribution in [0, 0.1) is 11.8 Å². The van der Waals surface area contributed by atoms with Crippen molar-refractivity contribution in [2.24, 2.45) is 11.8 Å². The number of rotatable bonds is 6. The van der Waals surface area contributed by atoms with Gasteiger partial charge in [0.25, 0.3) is 0 Å². The molecule has 23 heavy (non-hydrogen) atoms. The Morgan fingerprint density at radius 3 is 2.43 bits per heavy atom. The first-order chi connectivity index (χ1) is 11.1. The van der Waals surface area contributed by atoms with Gasteiger partial charge in [-0.15, -0.1) is 0 Å². The van der Waals surface area contributed by atoms with Gasteiger partial charge in [-0.2, -0.15) is 0 Å². The molecular weight excluding hydrogens is 290 g/mol. The number of hydrogen-bond donors (Lipinski definition) is 0. The number of ether oxygens (including phenoxy) is 1. The molecule has 1 aromatic carbocycles. The van der Waals surface area contributed by atoms with Crippen molar-refractivity contribution in [1.82, 2.24) is 4.90 Å². The molecular formula is C19H27NO3. The first kappa shape index (κ1) is 17.5. The molecule has 2 rings (SSSR count). The SMILES string of the molecule is CCOC(=O)[C@@H](C(=O)N(C)Cc1ccccc1)C1CCCCC1.